The summed E-state index contributed by atoms with van der Waals surface area (Å²) in [7, 11) is 0. The summed E-state index contributed by atoms with van der Waals surface area (Å²) in [5, 5.41) is 23.2. The van der Waals surface area contributed by atoms with Gasteiger partial charge in [0.15, 0.2) is 0 Å². The lowest BCUT2D eigenvalue weighted by molar-refractivity contribution is -0.143. The highest BCUT2D eigenvalue weighted by Gasteiger charge is 2.18. The fourth-order valence-corrected chi connectivity index (χ4v) is 11.1. The van der Waals surface area contributed by atoms with E-state index in [0.717, 1.165) is 38.5 Å². The maximum atomic E-state index is 12.5. The van der Waals surface area contributed by atoms with E-state index in [2.05, 4.69) is 19.2 Å². The SMILES string of the molecule is CCCCCCCCCCCCCCCCCCCC/C=C/C(O)C(CO)NC(=O)CCCCCCCCCCCCCCCCCCCCCCCCOC(=O)CCCCCCCCCCCCCCCCCC. The van der Waals surface area contributed by atoms with Gasteiger partial charge in [0.05, 0.1) is 25.4 Å². The molecule has 0 saturated heterocycles. The van der Waals surface area contributed by atoms with Crippen molar-refractivity contribution in [3.8, 4) is 0 Å². The molecule has 0 rings (SSSR count). The molecule has 0 radical (unpaired) electrons. The van der Waals surface area contributed by atoms with Crippen LogP contribution in [0.3, 0.4) is 0 Å². The number of aliphatic hydroxyl groups excluding tert-OH is 2. The van der Waals surface area contributed by atoms with Gasteiger partial charge in [-0.2, -0.15) is 0 Å². The van der Waals surface area contributed by atoms with Crippen LogP contribution in [0.25, 0.3) is 0 Å². The Morgan fingerprint density at radius 3 is 0.907 bits per heavy atom. The van der Waals surface area contributed by atoms with Crippen LogP contribution in [-0.2, 0) is 14.3 Å². The van der Waals surface area contributed by atoms with Crippen LogP contribution in [0.4, 0.5) is 0 Å². The molecule has 0 aliphatic carbocycles. The van der Waals surface area contributed by atoms with E-state index >= 15 is 0 Å². The molecule has 0 aromatic heterocycles. The number of rotatable bonds is 65. The summed E-state index contributed by atoms with van der Waals surface area (Å²) in [6.07, 6.45) is 79.9. The number of hydrogen-bond acceptors (Lipinski definition) is 5. The Kier molecular flexibility index (Phi) is 63.9. The van der Waals surface area contributed by atoms with Crippen molar-refractivity contribution in [2.45, 2.75) is 405 Å². The Morgan fingerprint density at radius 1 is 0.360 bits per heavy atom. The molecule has 6 heteroatoms. The molecule has 0 fully saturated rings. The largest absolute Gasteiger partial charge is 0.466 e. The van der Waals surface area contributed by atoms with Crippen LogP contribution in [0.15, 0.2) is 12.2 Å². The monoisotopic (exact) mass is 1060 g/mol. The number of hydrogen-bond donors (Lipinski definition) is 3. The van der Waals surface area contributed by atoms with Gasteiger partial charge in [-0.1, -0.05) is 360 Å². The van der Waals surface area contributed by atoms with E-state index in [1.165, 1.54) is 327 Å². The topological polar surface area (TPSA) is 95.9 Å². The first-order valence-corrected chi connectivity index (χ1v) is 34.5. The van der Waals surface area contributed by atoms with Crippen LogP contribution in [0.1, 0.15) is 393 Å². The Hall–Kier alpha value is -1.40. The van der Waals surface area contributed by atoms with Crippen LogP contribution in [-0.4, -0.2) is 47.4 Å². The molecule has 75 heavy (non-hydrogen) atoms. The highest BCUT2D eigenvalue weighted by Crippen LogP contribution is 2.19. The fraction of sp³-hybridized carbons (Fsp3) is 0.942. The molecular weight excluding hydrogens is 923 g/mol. The van der Waals surface area contributed by atoms with Crippen molar-refractivity contribution in [1.82, 2.24) is 5.32 Å². The van der Waals surface area contributed by atoms with Crippen molar-refractivity contribution in [1.29, 1.82) is 0 Å². The van der Waals surface area contributed by atoms with E-state index in [0.29, 0.717) is 19.4 Å². The van der Waals surface area contributed by atoms with E-state index in [9.17, 15) is 19.8 Å². The summed E-state index contributed by atoms with van der Waals surface area (Å²) >= 11 is 0. The number of carbonyl (C=O) groups is 2. The first kappa shape index (κ1) is 73.6. The molecule has 0 saturated carbocycles. The number of aliphatic hydroxyl groups is 2. The zero-order valence-corrected chi connectivity index (χ0v) is 51.1. The normalized spacial score (nSPS) is 12.5. The van der Waals surface area contributed by atoms with Gasteiger partial charge >= 0.3 is 5.97 Å². The van der Waals surface area contributed by atoms with Crippen LogP contribution in [0, 0.1) is 0 Å². The van der Waals surface area contributed by atoms with Crippen LogP contribution < -0.4 is 5.32 Å². The smallest absolute Gasteiger partial charge is 0.305 e. The summed E-state index contributed by atoms with van der Waals surface area (Å²) < 4.78 is 5.50. The van der Waals surface area contributed by atoms with Gasteiger partial charge in [0.2, 0.25) is 5.91 Å². The Morgan fingerprint density at radius 2 is 0.613 bits per heavy atom. The molecule has 1 amide bonds. The second-order valence-electron chi connectivity index (χ2n) is 23.9. The van der Waals surface area contributed by atoms with Crippen molar-refractivity contribution < 1.29 is 24.5 Å². The highest BCUT2D eigenvalue weighted by molar-refractivity contribution is 5.76. The van der Waals surface area contributed by atoms with Crippen LogP contribution >= 0.6 is 0 Å². The summed E-state index contributed by atoms with van der Waals surface area (Å²) in [5.74, 6) is -0.0466. The van der Waals surface area contributed by atoms with Gasteiger partial charge in [0, 0.05) is 12.8 Å². The molecule has 2 unspecified atom stereocenters. The number of ether oxygens (including phenoxy) is 1. The van der Waals surface area contributed by atoms with Gasteiger partial charge in [0.25, 0.3) is 0 Å². The number of allylic oxidation sites excluding steroid dienone is 1. The van der Waals surface area contributed by atoms with E-state index in [1.54, 1.807) is 6.08 Å². The van der Waals surface area contributed by atoms with Crippen molar-refractivity contribution in [3.05, 3.63) is 12.2 Å². The van der Waals surface area contributed by atoms with Gasteiger partial charge in [-0.05, 0) is 32.1 Å². The minimum Gasteiger partial charge on any atom is -0.466 e. The van der Waals surface area contributed by atoms with Gasteiger partial charge in [-0.15, -0.1) is 0 Å². The Bertz CT molecular complexity index is 1130. The lowest BCUT2D eigenvalue weighted by atomic mass is 10.0. The average Bonchev–Trinajstić information content (AvgIpc) is 3.41. The molecule has 6 nitrogen and oxygen atoms in total. The second-order valence-corrected chi connectivity index (χ2v) is 23.9. The van der Waals surface area contributed by atoms with Crippen molar-refractivity contribution in [2.24, 2.45) is 0 Å². The predicted molar refractivity (Wildman–Crippen MR) is 329 cm³/mol. The molecule has 0 spiro atoms. The highest BCUT2D eigenvalue weighted by atomic mass is 16.5. The lowest BCUT2D eigenvalue weighted by Crippen LogP contribution is -2.45. The summed E-state index contributed by atoms with van der Waals surface area (Å²) in [5.41, 5.74) is 0. The first-order valence-electron chi connectivity index (χ1n) is 34.5. The molecule has 2 atom stereocenters. The quantitative estimate of drug-likeness (QED) is 0.0320. The zero-order chi connectivity index (χ0) is 54.3. The van der Waals surface area contributed by atoms with Gasteiger partial charge < -0.3 is 20.3 Å². The molecule has 0 aliphatic rings. The number of esters is 1. The van der Waals surface area contributed by atoms with Gasteiger partial charge in [-0.25, -0.2) is 0 Å². The number of unbranched alkanes of at least 4 members (excludes halogenated alkanes) is 54. The molecule has 3 N–H and O–H groups in total. The first-order chi connectivity index (χ1) is 37.0. The third kappa shape index (κ3) is 61.7. The van der Waals surface area contributed by atoms with Crippen LogP contribution in [0.5, 0.6) is 0 Å². The Labute approximate surface area is 469 Å². The molecular formula is C69H135NO5. The van der Waals surface area contributed by atoms with E-state index in [-0.39, 0.29) is 18.5 Å². The summed E-state index contributed by atoms with van der Waals surface area (Å²) in [4.78, 5) is 24.6. The summed E-state index contributed by atoms with van der Waals surface area (Å²) in [6, 6.07) is -0.628. The fourth-order valence-electron chi connectivity index (χ4n) is 11.1. The van der Waals surface area contributed by atoms with Gasteiger partial charge in [0.1, 0.15) is 0 Å². The number of carbonyl (C=O) groups excluding carboxylic acids is 2. The molecule has 446 valence electrons. The van der Waals surface area contributed by atoms with E-state index < -0.39 is 12.1 Å². The van der Waals surface area contributed by atoms with Gasteiger partial charge in [-0.3, -0.25) is 9.59 Å². The number of nitrogens with one attached hydrogen (secondary N) is 1. The minimum absolute atomic E-state index is 0.0173. The third-order valence-electron chi connectivity index (χ3n) is 16.3. The van der Waals surface area contributed by atoms with Crippen molar-refractivity contribution in [3.63, 3.8) is 0 Å². The third-order valence-corrected chi connectivity index (χ3v) is 16.3. The second kappa shape index (κ2) is 65.1. The van der Waals surface area contributed by atoms with E-state index in [1.807, 2.05) is 6.08 Å². The van der Waals surface area contributed by atoms with Crippen molar-refractivity contribution >= 4 is 11.9 Å². The molecule has 0 aliphatic heterocycles. The molecule has 0 bridgehead atoms. The molecule has 0 heterocycles. The average molecular weight is 1060 g/mol. The summed E-state index contributed by atoms with van der Waals surface area (Å²) in [6.45, 7) is 4.95. The van der Waals surface area contributed by atoms with Crippen molar-refractivity contribution in [2.75, 3.05) is 13.2 Å². The standard InChI is InChI=1S/C69H135NO5/c1-3-5-7-9-11-13-15-17-19-21-22-27-30-33-37-41-45-49-53-57-61-67(72)66(65-71)70-68(73)62-58-54-50-46-42-38-34-31-28-25-23-24-26-29-32-36-40-44-48-52-56-60-64-75-69(74)63-59-55-51-47-43-39-35-20-18-16-14-12-10-8-6-4-2/h57,61,66-67,71-72H,3-56,58-60,62-65H2,1-2H3,(H,70,73)/b61-57+. The number of amides is 1. The minimum atomic E-state index is -0.845. The lowest BCUT2D eigenvalue weighted by Gasteiger charge is -2.20. The Balaban J connectivity index is 3.39. The maximum Gasteiger partial charge on any atom is 0.305 e. The van der Waals surface area contributed by atoms with E-state index in [4.69, 9.17) is 4.74 Å². The maximum absolute atomic E-state index is 12.5. The van der Waals surface area contributed by atoms with Crippen LogP contribution in [0.2, 0.25) is 0 Å². The predicted octanol–water partition coefficient (Wildman–Crippen LogP) is 22.0. The zero-order valence-electron chi connectivity index (χ0n) is 51.1. The molecule has 0 aromatic carbocycles. The molecule has 0 aromatic rings.